The SMILES string of the molecule is Cc1cc(C)n(COc2cccc(C(=O)NN)c2)n1. The van der Waals surface area contributed by atoms with Gasteiger partial charge in [-0.1, -0.05) is 6.07 Å². The van der Waals surface area contributed by atoms with Gasteiger partial charge in [0.1, 0.15) is 5.75 Å². The summed E-state index contributed by atoms with van der Waals surface area (Å²) in [5.74, 6) is 5.33. The second-order valence-corrected chi connectivity index (χ2v) is 4.20. The second-order valence-electron chi connectivity index (χ2n) is 4.20. The maximum atomic E-state index is 11.4. The van der Waals surface area contributed by atoms with Crippen molar-refractivity contribution in [1.82, 2.24) is 15.2 Å². The number of hydrazine groups is 1. The number of nitrogens with one attached hydrogen (secondary N) is 1. The molecule has 0 saturated heterocycles. The number of carbonyl (C=O) groups excluding carboxylic acids is 1. The lowest BCUT2D eigenvalue weighted by Gasteiger charge is -2.09. The van der Waals surface area contributed by atoms with Gasteiger partial charge in [0.25, 0.3) is 5.91 Å². The van der Waals surface area contributed by atoms with Crippen molar-refractivity contribution in [3.8, 4) is 5.75 Å². The van der Waals surface area contributed by atoms with Crippen molar-refractivity contribution in [3.63, 3.8) is 0 Å². The van der Waals surface area contributed by atoms with Crippen LogP contribution < -0.4 is 16.0 Å². The van der Waals surface area contributed by atoms with Crippen molar-refractivity contribution >= 4 is 5.91 Å². The van der Waals surface area contributed by atoms with Crippen molar-refractivity contribution < 1.29 is 9.53 Å². The minimum absolute atomic E-state index is 0.299. The molecule has 1 aromatic carbocycles. The molecule has 19 heavy (non-hydrogen) atoms. The van der Waals surface area contributed by atoms with Crippen molar-refractivity contribution in [2.45, 2.75) is 20.6 Å². The van der Waals surface area contributed by atoms with Gasteiger partial charge in [0, 0.05) is 11.3 Å². The zero-order valence-electron chi connectivity index (χ0n) is 10.9. The predicted octanol–water partition coefficient (Wildman–Crippen LogP) is 1.14. The Morgan fingerprint density at radius 1 is 1.42 bits per heavy atom. The van der Waals surface area contributed by atoms with E-state index in [9.17, 15) is 4.79 Å². The molecule has 1 aromatic heterocycles. The highest BCUT2D eigenvalue weighted by atomic mass is 16.5. The zero-order chi connectivity index (χ0) is 13.8. The molecular formula is C13H16N4O2. The summed E-state index contributed by atoms with van der Waals surface area (Å²) in [6, 6.07) is 8.79. The van der Waals surface area contributed by atoms with E-state index < -0.39 is 0 Å². The second kappa shape index (κ2) is 5.53. The molecule has 6 nitrogen and oxygen atoms in total. The van der Waals surface area contributed by atoms with E-state index >= 15 is 0 Å². The summed E-state index contributed by atoms with van der Waals surface area (Å²) < 4.78 is 7.36. The maximum absolute atomic E-state index is 11.4. The molecule has 1 heterocycles. The first-order valence-corrected chi connectivity index (χ1v) is 5.85. The molecule has 0 fully saturated rings. The number of nitrogens with zero attached hydrogens (tertiary/aromatic N) is 2. The van der Waals surface area contributed by atoms with E-state index in [1.165, 1.54) is 0 Å². The summed E-state index contributed by atoms with van der Waals surface area (Å²) >= 11 is 0. The van der Waals surface area contributed by atoms with Crippen LogP contribution in [0.1, 0.15) is 21.7 Å². The first-order chi connectivity index (χ1) is 9.10. The average molecular weight is 260 g/mol. The summed E-state index contributed by atoms with van der Waals surface area (Å²) in [5, 5.41) is 4.29. The van der Waals surface area contributed by atoms with E-state index in [4.69, 9.17) is 10.6 Å². The molecule has 0 saturated carbocycles. The normalized spacial score (nSPS) is 10.3. The fraction of sp³-hybridized carbons (Fsp3) is 0.231. The van der Waals surface area contributed by atoms with Gasteiger partial charge in [-0.05, 0) is 38.1 Å². The fourth-order valence-electron chi connectivity index (χ4n) is 1.75. The lowest BCUT2D eigenvalue weighted by atomic mass is 10.2. The van der Waals surface area contributed by atoms with Gasteiger partial charge in [-0.25, -0.2) is 10.5 Å². The maximum Gasteiger partial charge on any atom is 0.265 e. The molecule has 2 aromatic rings. The molecule has 0 aliphatic heterocycles. The number of amides is 1. The van der Waals surface area contributed by atoms with Gasteiger partial charge in [0.15, 0.2) is 6.73 Å². The topological polar surface area (TPSA) is 82.2 Å². The third-order valence-corrected chi connectivity index (χ3v) is 2.68. The number of aryl methyl sites for hydroxylation is 2. The van der Waals surface area contributed by atoms with E-state index in [1.54, 1.807) is 28.9 Å². The molecule has 0 bridgehead atoms. The van der Waals surface area contributed by atoms with Crippen molar-refractivity contribution in [2.24, 2.45) is 5.84 Å². The highest BCUT2D eigenvalue weighted by Crippen LogP contribution is 2.14. The zero-order valence-corrected chi connectivity index (χ0v) is 10.9. The Morgan fingerprint density at radius 2 is 2.21 bits per heavy atom. The number of nitrogens with two attached hydrogens (primary N) is 1. The van der Waals surface area contributed by atoms with Crippen LogP contribution in [0, 0.1) is 13.8 Å². The van der Waals surface area contributed by atoms with Crippen LogP contribution in [-0.4, -0.2) is 15.7 Å². The number of hydrogen-bond acceptors (Lipinski definition) is 4. The van der Waals surface area contributed by atoms with E-state index in [0.717, 1.165) is 11.4 Å². The summed E-state index contributed by atoms with van der Waals surface area (Å²) in [4.78, 5) is 11.4. The van der Waals surface area contributed by atoms with Gasteiger partial charge in [-0.3, -0.25) is 10.2 Å². The number of carbonyl (C=O) groups is 1. The Labute approximate surface area is 111 Å². The largest absolute Gasteiger partial charge is 0.471 e. The molecule has 6 heteroatoms. The Kier molecular flexibility index (Phi) is 3.82. The first-order valence-electron chi connectivity index (χ1n) is 5.85. The molecule has 2 rings (SSSR count). The van der Waals surface area contributed by atoms with Gasteiger partial charge in [-0.15, -0.1) is 0 Å². The van der Waals surface area contributed by atoms with Gasteiger partial charge in [0.2, 0.25) is 0 Å². The standard InChI is InChI=1S/C13H16N4O2/c1-9-6-10(2)17(16-9)8-19-12-5-3-4-11(7-12)13(18)15-14/h3-7H,8,14H2,1-2H3,(H,15,18). The first kappa shape index (κ1) is 13.1. The molecule has 0 radical (unpaired) electrons. The van der Waals surface area contributed by atoms with Crippen LogP contribution in [0.2, 0.25) is 0 Å². The van der Waals surface area contributed by atoms with Crippen LogP contribution in [0.25, 0.3) is 0 Å². The third-order valence-electron chi connectivity index (χ3n) is 2.68. The third kappa shape index (κ3) is 3.11. The molecule has 0 atom stereocenters. The van der Waals surface area contributed by atoms with Gasteiger partial charge in [0.05, 0.1) is 5.69 Å². The summed E-state index contributed by atoms with van der Waals surface area (Å²) in [7, 11) is 0. The van der Waals surface area contributed by atoms with Crippen LogP contribution in [0.3, 0.4) is 0 Å². The lowest BCUT2D eigenvalue weighted by Crippen LogP contribution is -2.29. The lowest BCUT2D eigenvalue weighted by molar-refractivity contribution is 0.0953. The van der Waals surface area contributed by atoms with E-state index in [-0.39, 0.29) is 5.91 Å². The summed E-state index contributed by atoms with van der Waals surface area (Å²) in [6.07, 6.45) is 0. The highest BCUT2D eigenvalue weighted by Gasteiger charge is 2.05. The minimum Gasteiger partial charge on any atom is -0.471 e. The van der Waals surface area contributed by atoms with Crippen LogP contribution in [0.15, 0.2) is 30.3 Å². The van der Waals surface area contributed by atoms with Gasteiger partial charge in [-0.2, -0.15) is 5.10 Å². The molecular weight excluding hydrogens is 244 g/mol. The van der Waals surface area contributed by atoms with Crippen molar-refractivity contribution in [2.75, 3.05) is 0 Å². The molecule has 0 spiro atoms. The predicted molar refractivity (Wildman–Crippen MR) is 70.4 cm³/mol. The minimum atomic E-state index is -0.350. The van der Waals surface area contributed by atoms with E-state index in [1.807, 2.05) is 19.9 Å². The van der Waals surface area contributed by atoms with Crippen LogP contribution in [0.5, 0.6) is 5.75 Å². The molecule has 3 N–H and O–H groups in total. The van der Waals surface area contributed by atoms with Crippen LogP contribution >= 0.6 is 0 Å². The Balaban J connectivity index is 2.07. The number of nitrogen functional groups attached to an aromatic ring is 1. The molecule has 0 unspecified atom stereocenters. The van der Waals surface area contributed by atoms with Crippen LogP contribution in [0.4, 0.5) is 0 Å². The average Bonchev–Trinajstić information content (AvgIpc) is 2.74. The Morgan fingerprint density at radius 3 is 2.84 bits per heavy atom. The monoisotopic (exact) mass is 260 g/mol. The quantitative estimate of drug-likeness (QED) is 0.490. The number of ether oxygens (including phenoxy) is 1. The Bertz CT molecular complexity index is 592. The van der Waals surface area contributed by atoms with Crippen LogP contribution in [-0.2, 0) is 6.73 Å². The van der Waals surface area contributed by atoms with E-state index in [0.29, 0.717) is 18.0 Å². The van der Waals surface area contributed by atoms with Crippen molar-refractivity contribution in [3.05, 3.63) is 47.3 Å². The van der Waals surface area contributed by atoms with Gasteiger partial charge < -0.3 is 4.74 Å². The number of benzene rings is 1. The summed E-state index contributed by atoms with van der Waals surface area (Å²) in [5.41, 5.74) is 4.50. The number of hydrogen-bond donors (Lipinski definition) is 2. The smallest absolute Gasteiger partial charge is 0.265 e. The Hall–Kier alpha value is -2.34. The molecule has 0 aliphatic rings. The number of rotatable bonds is 4. The van der Waals surface area contributed by atoms with Gasteiger partial charge >= 0.3 is 0 Å². The van der Waals surface area contributed by atoms with E-state index in [2.05, 4.69) is 10.5 Å². The summed E-state index contributed by atoms with van der Waals surface area (Å²) in [6.45, 7) is 4.19. The molecule has 100 valence electrons. The molecule has 0 aliphatic carbocycles. The molecule has 1 amide bonds. The van der Waals surface area contributed by atoms with Crippen molar-refractivity contribution in [1.29, 1.82) is 0 Å². The highest BCUT2D eigenvalue weighted by molar-refractivity contribution is 5.94. The number of aromatic nitrogens is 2. The fourth-order valence-corrected chi connectivity index (χ4v) is 1.75.